The van der Waals surface area contributed by atoms with Crippen molar-refractivity contribution in [2.75, 3.05) is 13.6 Å². The first kappa shape index (κ1) is 14.8. The summed E-state index contributed by atoms with van der Waals surface area (Å²) in [6, 6.07) is -0.484. The zero-order chi connectivity index (χ0) is 14.9. The van der Waals surface area contributed by atoms with E-state index in [4.69, 9.17) is 0 Å². The molecule has 0 aromatic carbocycles. The second-order valence-corrected chi connectivity index (χ2v) is 5.91. The van der Waals surface area contributed by atoms with Crippen molar-refractivity contribution in [1.82, 2.24) is 10.2 Å². The van der Waals surface area contributed by atoms with E-state index in [0.717, 1.165) is 6.42 Å². The minimum atomic E-state index is -0.907. The van der Waals surface area contributed by atoms with Crippen LogP contribution in [0.15, 0.2) is 0 Å². The highest BCUT2D eigenvalue weighted by atomic mass is 16.4. The molecule has 2 aliphatic rings. The fourth-order valence-corrected chi connectivity index (χ4v) is 3.27. The molecule has 1 heterocycles. The van der Waals surface area contributed by atoms with Gasteiger partial charge in [-0.1, -0.05) is 13.3 Å². The first-order chi connectivity index (χ1) is 9.43. The molecule has 1 aliphatic carbocycles. The Labute approximate surface area is 118 Å². The molecule has 2 rings (SSSR count). The van der Waals surface area contributed by atoms with Gasteiger partial charge in [-0.15, -0.1) is 0 Å². The lowest BCUT2D eigenvalue weighted by atomic mass is 9.95. The van der Waals surface area contributed by atoms with Gasteiger partial charge in [-0.25, -0.2) is 0 Å². The van der Waals surface area contributed by atoms with Gasteiger partial charge in [0, 0.05) is 13.6 Å². The molecule has 6 heteroatoms. The van der Waals surface area contributed by atoms with E-state index in [0.29, 0.717) is 25.8 Å². The summed E-state index contributed by atoms with van der Waals surface area (Å²) in [6.45, 7) is 2.65. The molecule has 2 amide bonds. The number of nitrogens with one attached hydrogen (secondary N) is 1. The molecule has 1 aliphatic heterocycles. The fourth-order valence-electron chi connectivity index (χ4n) is 3.27. The second kappa shape index (κ2) is 5.81. The number of hydrogen-bond acceptors (Lipinski definition) is 3. The zero-order valence-electron chi connectivity index (χ0n) is 12.0. The van der Waals surface area contributed by atoms with Crippen LogP contribution in [0.3, 0.4) is 0 Å². The Hall–Kier alpha value is -1.59. The predicted molar refractivity (Wildman–Crippen MR) is 71.8 cm³/mol. The average molecular weight is 282 g/mol. The van der Waals surface area contributed by atoms with Crippen LogP contribution in [-0.2, 0) is 14.4 Å². The number of amides is 2. The summed E-state index contributed by atoms with van der Waals surface area (Å²) in [5, 5.41) is 12.0. The van der Waals surface area contributed by atoms with E-state index >= 15 is 0 Å². The smallest absolute Gasteiger partial charge is 0.307 e. The molecule has 0 aromatic rings. The van der Waals surface area contributed by atoms with Crippen LogP contribution in [0.4, 0.5) is 0 Å². The number of carbonyl (C=O) groups excluding carboxylic acids is 2. The maximum Gasteiger partial charge on any atom is 0.307 e. The number of likely N-dealkylation sites (tertiary alicyclic amines) is 1. The van der Waals surface area contributed by atoms with Gasteiger partial charge in [-0.05, 0) is 25.2 Å². The third-order valence-corrected chi connectivity index (χ3v) is 4.64. The van der Waals surface area contributed by atoms with Crippen molar-refractivity contribution in [3.8, 4) is 0 Å². The van der Waals surface area contributed by atoms with Crippen LogP contribution < -0.4 is 5.32 Å². The Balaban J connectivity index is 2.00. The van der Waals surface area contributed by atoms with Gasteiger partial charge >= 0.3 is 5.97 Å². The van der Waals surface area contributed by atoms with Gasteiger partial charge in [0.15, 0.2) is 0 Å². The minimum Gasteiger partial charge on any atom is -0.481 e. The van der Waals surface area contributed by atoms with Crippen molar-refractivity contribution in [2.24, 2.45) is 17.8 Å². The third-order valence-electron chi connectivity index (χ3n) is 4.64. The number of carbonyl (C=O) groups is 3. The molecule has 0 radical (unpaired) electrons. The average Bonchev–Trinajstić information content (AvgIpc) is 2.97. The quantitative estimate of drug-likeness (QED) is 0.784. The van der Waals surface area contributed by atoms with Crippen LogP contribution in [0.25, 0.3) is 0 Å². The van der Waals surface area contributed by atoms with E-state index in [1.54, 1.807) is 11.9 Å². The van der Waals surface area contributed by atoms with Gasteiger partial charge in [-0.3, -0.25) is 14.4 Å². The fraction of sp³-hybridized carbons (Fsp3) is 0.786. The van der Waals surface area contributed by atoms with Crippen molar-refractivity contribution in [2.45, 2.75) is 38.6 Å². The molecule has 6 nitrogen and oxygen atoms in total. The number of hydrogen-bond donors (Lipinski definition) is 2. The first-order valence-corrected chi connectivity index (χ1v) is 7.22. The number of rotatable bonds is 4. The molecule has 112 valence electrons. The standard InChI is InChI=1S/C14H22N2O4/c1-3-8-6-9(10(7-8)14(19)20)12(17)15-11-4-5-16(2)13(11)18/h8-11H,3-7H2,1-2H3,(H,15,17)(H,19,20). The number of carboxylic acid groups (broad SMARTS) is 1. The first-order valence-electron chi connectivity index (χ1n) is 7.22. The summed E-state index contributed by atoms with van der Waals surface area (Å²) in [4.78, 5) is 36.9. The minimum absolute atomic E-state index is 0.0877. The Bertz CT molecular complexity index is 423. The van der Waals surface area contributed by atoms with Crippen molar-refractivity contribution in [3.05, 3.63) is 0 Å². The van der Waals surface area contributed by atoms with Gasteiger partial charge in [0.2, 0.25) is 11.8 Å². The van der Waals surface area contributed by atoms with E-state index < -0.39 is 23.8 Å². The molecule has 0 spiro atoms. The summed E-state index contributed by atoms with van der Waals surface area (Å²) >= 11 is 0. The lowest BCUT2D eigenvalue weighted by Crippen LogP contribution is -2.44. The lowest BCUT2D eigenvalue weighted by Gasteiger charge is -2.18. The van der Waals surface area contributed by atoms with Crippen molar-refractivity contribution in [3.63, 3.8) is 0 Å². The van der Waals surface area contributed by atoms with Crippen LogP contribution in [0, 0.1) is 17.8 Å². The van der Waals surface area contributed by atoms with Crippen LogP contribution in [0.2, 0.25) is 0 Å². The third kappa shape index (κ3) is 2.78. The molecular weight excluding hydrogens is 260 g/mol. The van der Waals surface area contributed by atoms with Crippen LogP contribution in [0.1, 0.15) is 32.6 Å². The van der Waals surface area contributed by atoms with Gasteiger partial charge in [0.25, 0.3) is 0 Å². The molecule has 0 aromatic heterocycles. The van der Waals surface area contributed by atoms with E-state index in [1.165, 1.54) is 0 Å². The molecule has 2 N–H and O–H groups in total. The van der Waals surface area contributed by atoms with Crippen LogP contribution >= 0.6 is 0 Å². The second-order valence-electron chi connectivity index (χ2n) is 5.91. The monoisotopic (exact) mass is 282 g/mol. The van der Waals surface area contributed by atoms with E-state index in [9.17, 15) is 19.5 Å². The predicted octanol–water partition coefficient (Wildman–Crippen LogP) is 0.470. The van der Waals surface area contributed by atoms with Gasteiger partial charge in [-0.2, -0.15) is 0 Å². The highest BCUT2D eigenvalue weighted by Crippen LogP contribution is 2.38. The van der Waals surface area contributed by atoms with E-state index in [2.05, 4.69) is 5.32 Å². The molecule has 2 fully saturated rings. The van der Waals surface area contributed by atoms with Gasteiger partial charge in [0.1, 0.15) is 6.04 Å². The van der Waals surface area contributed by atoms with E-state index in [-0.39, 0.29) is 17.7 Å². The Morgan fingerprint density at radius 2 is 2.00 bits per heavy atom. The maximum absolute atomic E-state index is 12.3. The largest absolute Gasteiger partial charge is 0.481 e. The maximum atomic E-state index is 12.3. The van der Waals surface area contributed by atoms with Crippen LogP contribution in [0.5, 0.6) is 0 Å². The van der Waals surface area contributed by atoms with Crippen molar-refractivity contribution >= 4 is 17.8 Å². The molecule has 0 bridgehead atoms. The molecule has 1 saturated carbocycles. The zero-order valence-corrected chi connectivity index (χ0v) is 12.0. The topological polar surface area (TPSA) is 86.7 Å². The Morgan fingerprint density at radius 1 is 1.35 bits per heavy atom. The highest BCUT2D eigenvalue weighted by Gasteiger charge is 2.43. The van der Waals surface area contributed by atoms with Gasteiger partial charge in [0.05, 0.1) is 11.8 Å². The van der Waals surface area contributed by atoms with Crippen molar-refractivity contribution < 1.29 is 19.5 Å². The lowest BCUT2D eigenvalue weighted by molar-refractivity contribution is -0.146. The molecule has 20 heavy (non-hydrogen) atoms. The van der Waals surface area contributed by atoms with Gasteiger partial charge < -0.3 is 15.3 Å². The number of carboxylic acids is 1. The summed E-state index contributed by atoms with van der Waals surface area (Å²) in [7, 11) is 1.71. The Morgan fingerprint density at radius 3 is 2.50 bits per heavy atom. The normalized spacial score (nSPS) is 33.5. The molecule has 4 unspecified atom stereocenters. The summed E-state index contributed by atoms with van der Waals surface area (Å²) < 4.78 is 0. The highest BCUT2D eigenvalue weighted by molar-refractivity contribution is 5.91. The molecule has 1 saturated heterocycles. The number of nitrogens with zero attached hydrogens (tertiary/aromatic N) is 1. The van der Waals surface area contributed by atoms with Crippen LogP contribution in [-0.4, -0.2) is 47.4 Å². The number of aliphatic carboxylic acids is 1. The Kier molecular flexibility index (Phi) is 4.30. The summed E-state index contributed by atoms with van der Waals surface area (Å²) in [5.74, 6) is -2.10. The summed E-state index contributed by atoms with van der Waals surface area (Å²) in [6.07, 6.45) is 2.65. The SMILES string of the molecule is CCC1CC(C(=O)O)C(C(=O)NC2CCN(C)C2=O)C1. The summed E-state index contributed by atoms with van der Waals surface area (Å²) in [5.41, 5.74) is 0. The molecular formula is C14H22N2O4. The number of likely N-dealkylation sites (N-methyl/N-ethyl adjacent to an activating group) is 1. The van der Waals surface area contributed by atoms with Crippen molar-refractivity contribution in [1.29, 1.82) is 0 Å². The van der Waals surface area contributed by atoms with E-state index in [1.807, 2.05) is 6.92 Å². The molecule has 4 atom stereocenters.